The molecule has 3 heteroatoms. The van der Waals surface area contributed by atoms with E-state index in [-0.39, 0.29) is 6.61 Å². The number of benzene rings is 1. The highest BCUT2D eigenvalue weighted by Crippen LogP contribution is 2.30. The van der Waals surface area contributed by atoms with Gasteiger partial charge in [0.25, 0.3) is 0 Å². The molecule has 0 saturated carbocycles. The molecular weight excluding hydrogens is 230 g/mol. The SMILES string of the molecule is Cc1cc(C)c(-c2ncc(CCO)s2)cc1C. The van der Waals surface area contributed by atoms with E-state index in [1.807, 2.05) is 6.20 Å². The molecule has 1 N–H and O–H groups in total. The summed E-state index contributed by atoms with van der Waals surface area (Å²) in [5.74, 6) is 0. The molecule has 0 atom stereocenters. The summed E-state index contributed by atoms with van der Waals surface area (Å²) in [5.41, 5.74) is 5.09. The molecule has 0 aliphatic heterocycles. The van der Waals surface area contributed by atoms with Gasteiger partial charge in [-0.15, -0.1) is 11.3 Å². The summed E-state index contributed by atoms with van der Waals surface area (Å²) in [6.07, 6.45) is 2.56. The van der Waals surface area contributed by atoms with Gasteiger partial charge in [-0.05, 0) is 43.5 Å². The largest absolute Gasteiger partial charge is 0.396 e. The minimum absolute atomic E-state index is 0.188. The molecule has 0 unspecified atom stereocenters. The van der Waals surface area contributed by atoms with Gasteiger partial charge in [0.2, 0.25) is 0 Å². The second kappa shape index (κ2) is 4.98. The number of hydrogen-bond acceptors (Lipinski definition) is 3. The molecule has 2 aromatic rings. The van der Waals surface area contributed by atoms with Crippen molar-refractivity contribution in [1.82, 2.24) is 4.98 Å². The number of aliphatic hydroxyl groups is 1. The Labute approximate surface area is 106 Å². The van der Waals surface area contributed by atoms with Crippen molar-refractivity contribution in [3.05, 3.63) is 39.9 Å². The lowest BCUT2D eigenvalue weighted by atomic mass is 10.0. The predicted molar refractivity (Wildman–Crippen MR) is 72.6 cm³/mol. The highest BCUT2D eigenvalue weighted by molar-refractivity contribution is 7.15. The summed E-state index contributed by atoms with van der Waals surface area (Å²) >= 11 is 1.67. The minimum atomic E-state index is 0.188. The van der Waals surface area contributed by atoms with Crippen LogP contribution >= 0.6 is 11.3 Å². The summed E-state index contributed by atoms with van der Waals surface area (Å²) < 4.78 is 0. The van der Waals surface area contributed by atoms with E-state index in [1.165, 1.54) is 22.3 Å². The molecule has 0 saturated heterocycles. The Hall–Kier alpha value is -1.19. The summed E-state index contributed by atoms with van der Waals surface area (Å²) in [4.78, 5) is 5.58. The maximum Gasteiger partial charge on any atom is 0.123 e. The molecule has 0 spiro atoms. The molecule has 1 aromatic carbocycles. The number of aliphatic hydroxyl groups excluding tert-OH is 1. The number of rotatable bonds is 3. The van der Waals surface area contributed by atoms with Crippen LogP contribution in [0.4, 0.5) is 0 Å². The van der Waals surface area contributed by atoms with Crippen LogP contribution in [-0.4, -0.2) is 16.7 Å². The average Bonchev–Trinajstić information content (AvgIpc) is 2.72. The quantitative estimate of drug-likeness (QED) is 0.903. The van der Waals surface area contributed by atoms with Crippen LogP contribution in [0.25, 0.3) is 10.6 Å². The zero-order chi connectivity index (χ0) is 12.4. The van der Waals surface area contributed by atoms with Crippen molar-refractivity contribution in [1.29, 1.82) is 0 Å². The third-order valence-corrected chi connectivity index (χ3v) is 4.07. The number of aryl methyl sites for hydroxylation is 3. The zero-order valence-corrected chi connectivity index (χ0v) is 11.3. The van der Waals surface area contributed by atoms with Gasteiger partial charge in [0.05, 0.1) is 0 Å². The predicted octanol–water partition coefficient (Wildman–Crippen LogP) is 3.27. The van der Waals surface area contributed by atoms with Gasteiger partial charge in [0, 0.05) is 29.7 Å². The van der Waals surface area contributed by atoms with Gasteiger partial charge in [-0.1, -0.05) is 6.07 Å². The molecule has 17 heavy (non-hydrogen) atoms. The Morgan fingerprint density at radius 3 is 2.53 bits per heavy atom. The van der Waals surface area contributed by atoms with E-state index in [1.54, 1.807) is 11.3 Å². The molecule has 1 aromatic heterocycles. The van der Waals surface area contributed by atoms with Crippen LogP contribution < -0.4 is 0 Å². The molecule has 2 nitrogen and oxygen atoms in total. The van der Waals surface area contributed by atoms with Gasteiger partial charge in [-0.3, -0.25) is 0 Å². The van der Waals surface area contributed by atoms with Crippen LogP contribution in [-0.2, 0) is 6.42 Å². The Morgan fingerprint density at radius 1 is 1.12 bits per heavy atom. The number of nitrogens with zero attached hydrogens (tertiary/aromatic N) is 1. The topological polar surface area (TPSA) is 33.1 Å². The normalized spacial score (nSPS) is 10.8. The minimum Gasteiger partial charge on any atom is -0.396 e. The zero-order valence-electron chi connectivity index (χ0n) is 10.4. The summed E-state index contributed by atoms with van der Waals surface area (Å²) in [7, 11) is 0. The van der Waals surface area contributed by atoms with Gasteiger partial charge in [0.1, 0.15) is 5.01 Å². The maximum absolute atomic E-state index is 8.91. The van der Waals surface area contributed by atoms with Crippen molar-refractivity contribution in [2.45, 2.75) is 27.2 Å². The second-order valence-electron chi connectivity index (χ2n) is 4.36. The van der Waals surface area contributed by atoms with E-state index < -0.39 is 0 Å². The van der Waals surface area contributed by atoms with Gasteiger partial charge in [-0.2, -0.15) is 0 Å². The van der Waals surface area contributed by atoms with Crippen molar-refractivity contribution in [2.75, 3.05) is 6.61 Å². The summed E-state index contributed by atoms with van der Waals surface area (Å²) in [6.45, 7) is 6.56. The van der Waals surface area contributed by atoms with E-state index in [9.17, 15) is 0 Å². The lowest BCUT2D eigenvalue weighted by Gasteiger charge is -2.07. The van der Waals surface area contributed by atoms with Crippen LogP contribution in [0.2, 0.25) is 0 Å². The van der Waals surface area contributed by atoms with Crippen molar-refractivity contribution < 1.29 is 5.11 Å². The molecular formula is C14H17NOS. The Kier molecular flexibility index (Phi) is 3.60. The fraction of sp³-hybridized carbons (Fsp3) is 0.357. The van der Waals surface area contributed by atoms with E-state index in [0.717, 1.165) is 9.88 Å². The van der Waals surface area contributed by atoms with Crippen molar-refractivity contribution in [3.8, 4) is 10.6 Å². The lowest BCUT2D eigenvalue weighted by Crippen LogP contribution is -1.87. The van der Waals surface area contributed by atoms with Crippen molar-refractivity contribution in [3.63, 3.8) is 0 Å². The number of hydrogen-bond donors (Lipinski definition) is 1. The number of aromatic nitrogens is 1. The third-order valence-electron chi connectivity index (χ3n) is 2.98. The third kappa shape index (κ3) is 2.56. The standard InChI is InChI=1S/C14H17NOS/c1-9-6-11(3)13(7-10(9)2)14-15-8-12(17-14)4-5-16/h6-8,16H,4-5H2,1-3H3. The first-order valence-corrected chi connectivity index (χ1v) is 6.57. The van der Waals surface area contributed by atoms with E-state index in [2.05, 4.69) is 37.9 Å². The number of thiazole rings is 1. The van der Waals surface area contributed by atoms with Gasteiger partial charge in [-0.25, -0.2) is 4.98 Å². The molecule has 0 aliphatic rings. The van der Waals surface area contributed by atoms with Crippen LogP contribution in [0, 0.1) is 20.8 Å². The fourth-order valence-corrected chi connectivity index (χ4v) is 2.83. The average molecular weight is 247 g/mol. The highest BCUT2D eigenvalue weighted by atomic mass is 32.1. The molecule has 2 rings (SSSR count). The first-order valence-electron chi connectivity index (χ1n) is 5.75. The van der Waals surface area contributed by atoms with E-state index in [4.69, 9.17) is 5.11 Å². The highest BCUT2D eigenvalue weighted by Gasteiger charge is 2.08. The monoisotopic (exact) mass is 247 g/mol. The van der Waals surface area contributed by atoms with Crippen LogP contribution in [0.3, 0.4) is 0 Å². The molecule has 0 fully saturated rings. The van der Waals surface area contributed by atoms with Crippen molar-refractivity contribution in [2.24, 2.45) is 0 Å². The molecule has 0 radical (unpaired) electrons. The maximum atomic E-state index is 8.91. The molecule has 0 aliphatic carbocycles. The van der Waals surface area contributed by atoms with Crippen LogP contribution in [0.15, 0.2) is 18.3 Å². The van der Waals surface area contributed by atoms with Gasteiger partial charge < -0.3 is 5.11 Å². The Balaban J connectivity index is 2.41. The first-order chi connectivity index (χ1) is 8.11. The van der Waals surface area contributed by atoms with Gasteiger partial charge in [0.15, 0.2) is 0 Å². The van der Waals surface area contributed by atoms with Crippen LogP contribution in [0.1, 0.15) is 21.6 Å². The summed E-state index contributed by atoms with van der Waals surface area (Å²) in [5, 5.41) is 9.96. The van der Waals surface area contributed by atoms with E-state index in [0.29, 0.717) is 6.42 Å². The molecule has 1 heterocycles. The van der Waals surface area contributed by atoms with E-state index >= 15 is 0 Å². The van der Waals surface area contributed by atoms with Gasteiger partial charge >= 0.3 is 0 Å². The fourth-order valence-electron chi connectivity index (χ4n) is 1.85. The van der Waals surface area contributed by atoms with Crippen molar-refractivity contribution >= 4 is 11.3 Å². The molecule has 0 amide bonds. The van der Waals surface area contributed by atoms with Crippen LogP contribution in [0.5, 0.6) is 0 Å². The smallest absolute Gasteiger partial charge is 0.123 e. The Morgan fingerprint density at radius 2 is 1.82 bits per heavy atom. The second-order valence-corrected chi connectivity index (χ2v) is 5.47. The molecule has 90 valence electrons. The summed E-state index contributed by atoms with van der Waals surface area (Å²) in [6, 6.07) is 4.41. The molecule has 0 bridgehead atoms. The first kappa shape index (κ1) is 12.3. The lowest BCUT2D eigenvalue weighted by molar-refractivity contribution is 0.300. The Bertz CT molecular complexity index is 531.